The molecule has 7 heteroatoms. The van der Waals surface area contributed by atoms with Crippen LogP contribution < -0.4 is 0 Å². The minimum atomic E-state index is -0.933. The third kappa shape index (κ3) is 3.02. The van der Waals surface area contributed by atoms with Crippen molar-refractivity contribution in [3.63, 3.8) is 0 Å². The van der Waals surface area contributed by atoms with Crippen molar-refractivity contribution in [1.82, 2.24) is 24.2 Å². The van der Waals surface area contributed by atoms with Crippen molar-refractivity contribution in [2.24, 2.45) is 7.05 Å². The number of para-hydroxylation sites is 2. The van der Waals surface area contributed by atoms with Crippen LogP contribution in [0.2, 0.25) is 0 Å². The maximum absolute atomic E-state index is 11.6. The van der Waals surface area contributed by atoms with Gasteiger partial charge >= 0.3 is 5.97 Å². The lowest BCUT2D eigenvalue weighted by Gasteiger charge is -2.31. The summed E-state index contributed by atoms with van der Waals surface area (Å²) in [6, 6.07) is 8.43. The summed E-state index contributed by atoms with van der Waals surface area (Å²) in [5.41, 5.74) is 4.34. The Hall–Kier alpha value is -2.67. The molecular formula is C20H25N5O2. The van der Waals surface area contributed by atoms with Gasteiger partial charge in [-0.25, -0.2) is 9.78 Å². The normalized spacial score (nSPS) is 16.8. The van der Waals surface area contributed by atoms with E-state index in [2.05, 4.69) is 27.7 Å². The van der Waals surface area contributed by atoms with Crippen molar-refractivity contribution in [3.05, 3.63) is 47.0 Å². The quantitative estimate of drug-likeness (QED) is 0.750. The summed E-state index contributed by atoms with van der Waals surface area (Å²) in [4.78, 5) is 18.7. The van der Waals surface area contributed by atoms with E-state index in [1.54, 1.807) is 0 Å². The SMILES string of the molecule is CCn1nc(C(=O)O)c2c1CCC(N(C)Cc1nc3ccccc3n1C)C2. The van der Waals surface area contributed by atoms with Gasteiger partial charge in [-0.05, 0) is 45.4 Å². The lowest BCUT2D eigenvalue weighted by molar-refractivity contribution is 0.0687. The third-order valence-corrected chi connectivity index (χ3v) is 5.72. The number of rotatable bonds is 5. The van der Waals surface area contributed by atoms with Crippen LogP contribution in [-0.2, 0) is 33.0 Å². The van der Waals surface area contributed by atoms with Gasteiger partial charge in [0.05, 0.1) is 17.6 Å². The Morgan fingerprint density at radius 1 is 1.37 bits per heavy atom. The number of nitrogens with zero attached hydrogens (tertiary/aromatic N) is 5. The Kier molecular flexibility index (Phi) is 4.47. The van der Waals surface area contributed by atoms with Gasteiger partial charge in [0.2, 0.25) is 0 Å². The molecule has 0 spiro atoms. The number of fused-ring (bicyclic) bond motifs is 2. The molecule has 0 saturated carbocycles. The average molecular weight is 367 g/mol. The molecule has 1 aliphatic carbocycles. The summed E-state index contributed by atoms with van der Waals surface area (Å²) in [5, 5.41) is 13.8. The van der Waals surface area contributed by atoms with Crippen LogP contribution >= 0.6 is 0 Å². The Balaban J connectivity index is 1.57. The molecule has 2 heterocycles. The summed E-state index contributed by atoms with van der Waals surface area (Å²) in [6.45, 7) is 3.44. The topological polar surface area (TPSA) is 76.2 Å². The number of benzene rings is 1. The fourth-order valence-electron chi connectivity index (χ4n) is 4.17. The number of carbonyl (C=O) groups is 1. The zero-order chi connectivity index (χ0) is 19.1. The maximum atomic E-state index is 11.6. The molecule has 0 aliphatic heterocycles. The van der Waals surface area contributed by atoms with E-state index in [1.165, 1.54) is 0 Å². The molecular weight excluding hydrogens is 342 g/mol. The smallest absolute Gasteiger partial charge is 0.356 e. The summed E-state index contributed by atoms with van der Waals surface area (Å²) in [6.07, 6.45) is 2.58. The molecule has 1 atom stereocenters. The van der Waals surface area contributed by atoms with Crippen LogP contribution in [0.3, 0.4) is 0 Å². The van der Waals surface area contributed by atoms with E-state index < -0.39 is 5.97 Å². The summed E-state index contributed by atoms with van der Waals surface area (Å²) in [7, 11) is 4.14. The molecule has 0 bridgehead atoms. The van der Waals surface area contributed by atoms with E-state index in [0.29, 0.717) is 6.54 Å². The number of carboxylic acids is 1. The molecule has 0 fully saturated rings. The van der Waals surface area contributed by atoms with Gasteiger partial charge in [-0.2, -0.15) is 5.10 Å². The number of likely N-dealkylation sites (N-methyl/N-ethyl adjacent to an activating group) is 1. The molecule has 142 valence electrons. The monoisotopic (exact) mass is 367 g/mol. The van der Waals surface area contributed by atoms with Gasteiger partial charge in [0.15, 0.2) is 5.69 Å². The zero-order valence-corrected chi connectivity index (χ0v) is 16.0. The fraction of sp³-hybridized carbons (Fsp3) is 0.450. The van der Waals surface area contributed by atoms with E-state index in [9.17, 15) is 9.90 Å². The van der Waals surface area contributed by atoms with Crippen LogP contribution in [0, 0.1) is 0 Å². The number of imidazole rings is 1. The highest BCUT2D eigenvalue weighted by molar-refractivity contribution is 5.87. The molecule has 0 amide bonds. The Morgan fingerprint density at radius 2 is 2.15 bits per heavy atom. The van der Waals surface area contributed by atoms with E-state index in [4.69, 9.17) is 4.98 Å². The van der Waals surface area contributed by atoms with Gasteiger partial charge in [-0.1, -0.05) is 12.1 Å². The number of carboxylic acid groups (broad SMARTS) is 1. The number of hydrogen-bond acceptors (Lipinski definition) is 4. The highest BCUT2D eigenvalue weighted by atomic mass is 16.4. The minimum Gasteiger partial charge on any atom is -0.476 e. The van der Waals surface area contributed by atoms with Gasteiger partial charge in [-0.3, -0.25) is 9.58 Å². The van der Waals surface area contributed by atoms with Crippen molar-refractivity contribution in [2.45, 2.75) is 45.3 Å². The van der Waals surface area contributed by atoms with Gasteiger partial charge < -0.3 is 9.67 Å². The van der Waals surface area contributed by atoms with E-state index in [0.717, 1.165) is 53.9 Å². The van der Waals surface area contributed by atoms with Crippen molar-refractivity contribution >= 4 is 17.0 Å². The molecule has 27 heavy (non-hydrogen) atoms. The van der Waals surface area contributed by atoms with Crippen LogP contribution in [0.4, 0.5) is 0 Å². The molecule has 7 nitrogen and oxygen atoms in total. The Bertz CT molecular complexity index is 1000. The number of aromatic carboxylic acids is 1. The number of aryl methyl sites for hydroxylation is 2. The van der Waals surface area contributed by atoms with Crippen molar-refractivity contribution in [2.75, 3.05) is 7.05 Å². The largest absolute Gasteiger partial charge is 0.476 e. The lowest BCUT2D eigenvalue weighted by atomic mass is 9.90. The molecule has 0 radical (unpaired) electrons. The van der Waals surface area contributed by atoms with Crippen molar-refractivity contribution in [1.29, 1.82) is 0 Å². The second-order valence-electron chi connectivity index (χ2n) is 7.28. The molecule has 2 aromatic heterocycles. The van der Waals surface area contributed by atoms with E-state index in [1.807, 2.05) is 36.9 Å². The minimum absolute atomic E-state index is 0.215. The summed E-state index contributed by atoms with van der Waals surface area (Å²) in [5.74, 6) is 0.0873. The third-order valence-electron chi connectivity index (χ3n) is 5.72. The lowest BCUT2D eigenvalue weighted by Crippen LogP contribution is -2.37. The van der Waals surface area contributed by atoms with E-state index >= 15 is 0 Å². The maximum Gasteiger partial charge on any atom is 0.356 e. The van der Waals surface area contributed by atoms with Gasteiger partial charge in [0, 0.05) is 30.9 Å². The van der Waals surface area contributed by atoms with Crippen LogP contribution in [-0.4, -0.2) is 48.4 Å². The number of aromatic nitrogens is 4. The fourth-order valence-corrected chi connectivity index (χ4v) is 4.17. The summed E-state index contributed by atoms with van der Waals surface area (Å²) >= 11 is 0. The van der Waals surface area contributed by atoms with Crippen LogP contribution in [0.5, 0.6) is 0 Å². The van der Waals surface area contributed by atoms with Crippen LogP contribution in [0.1, 0.15) is 40.9 Å². The second-order valence-corrected chi connectivity index (χ2v) is 7.28. The molecule has 4 rings (SSSR count). The first-order chi connectivity index (χ1) is 13.0. The first-order valence-electron chi connectivity index (χ1n) is 9.42. The highest BCUT2D eigenvalue weighted by Crippen LogP contribution is 2.28. The molecule has 1 aromatic carbocycles. The highest BCUT2D eigenvalue weighted by Gasteiger charge is 2.30. The predicted octanol–water partition coefficient (Wildman–Crippen LogP) is 2.48. The predicted molar refractivity (Wildman–Crippen MR) is 103 cm³/mol. The first kappa shape index (κ1) is 17.7. The van der Waals surface area contributed by atoms with Crippen LogP contribution in [0.25, 0.3) is 11.0 Å². The molecule has 0 saturated heterocycles. The number of hydrogen-bond donors (Lipinski definition) is 1. The average Bonchev–Trinajstić information content (AvgIpc) is 3.19. The van der Waals surface area contributed by atoms with Crippen LogP contribution in [0.15, 0.2) is 24.3 Å². The second kappa shape index (κ2) is 6.81. The van der Waals surface area contributed by atoms with Gasteiger partial charge in [0.1, 0.15) is 5.82 Å². The molecule has 1 unspecified atom stereocenters. The van der Waals surface area contributed by atoms with E-state index in [-0.39, 0.29) is 11.7 Å². The first-order valence-corrected chi connectivity index (χ1v) is 9.42. The molecule has 1 N–H and O–H groups in total. The molecule has 1 aliphatic rings. The Labute approximate surface area is 158 Å². The van der Waals surface area contributed by atoms with Gasteiger partial charge in [0.25, 0.3) is 0 Å². The van der Waals surface area contributed by atoms with Crippen molar-refractivity contribution in [3.8, 4) is 0 Å². The van der Waals surface area contributed by atoms with Gasteiger partial charge in [-0.15, -0.1) is 0 Å². The van der Waals surface area contributed by atoms with Crippen molar-refractivity contribution < 1.29 is 9.90 Å². The Morgan fingerprint density at radius 3 is 2.85 bits per heavy atom. The zero-order valence-electron chi connectivity index (χ0n) is 16.0. The standard InChI is InChI=1S/C20H25N5O2/c1-4-25-16-10-9-13(11-14(16)19(22-25)20(26)27)23(2)12-18-21-15-7-5-6-8-17(15)24(18)3/h5-8,13H,4,9-12H2,1-3H3,(H,26,27). The molecule has 3 aromatic rings. The summed E-state index contributed by atoms with van der Waals surface area (Å²) < 4.78 is 3.98.